The SMILES string of the molecule is COc1ccc(CN(Cc2ccc(OC)cc2)c2cc(C)c(CC=O)c(Br)c2)cc1. The van der Waals surface area contributed by atoms with Crippen LogP contribution in [0.15, 0.2) is 65.1 Å². The quantitative estimate of drug-likeness (QED) is 0.377. The highest BCUT2D eigenvalue weighted by atomic mass is 79.9. The first-order valence-electron chi connectivity index (χ1n) is 9.77. The highest BCUT2D eigenvalue weighted by Crippen LogP contribution is 2.30. The Morgan fingerprint density at radius 3 is 1.77 bits per heavy atom. The Balaban J connectivity index is 1.93. The second-order valence-electron chi connectivity index (χ2n) is 7.15. The Labute approximate surface area is 186 Å². The lowest BCUT2D eigenvalue weighted by Crippen LogP contribution is -2.22. The molecule has 0 unspecified atom stereocenters. The maximum atomic E-state index is 11.0. The van der Waals surface area contributed by atoms with Crippen LogP contribution in [0.1, 0.15) is 22.3 Å². The van der Waals surface area contributed by atoms with E-state index in [0.29, 0.717) is 6.42 Å². The summed E-state index contributed by atoms with van der Waals surface area (Å²) in [5.74, 6) is 1.69. The van der Waals surface area contributed by atoms with Gasteiger partial charge in [0.2, 0.25) is 0 Å². The molecule has 0 radical (unpaired) electrons. The largest absolute Gasteiger partial charge is 0.497 e. The van der Waals surface area contributed by atoms with E-state index in [4.69, 9.17) is 9.47 Å². The average Bonchev–Trinajstić information content (AvgIpc) is 2.76. The number of carbonyl (C=O) groups is 1. The van der Waals surface area contributed by atoms with Gasteiger partial charge in [0.05, 0.1) is 14.2 Å². The van der Waals surface area contributed by atoms with Crippen LogP contribution in [0.3, 0.4) is 0 Å². The summed E-state index contributed by atoms with van der Waals surface area (Å²) in [6, 6.07) is 20.5. The third kappa shape index (κ3) is 5.42. The van der Waals surface area contributed by atoms with E-state index >= 15 is 0 Å². The normalized spacial score (nSPS) is 10.5. The van der Waals surface area contributed by atoms with Crippen LogP contribution in [0, 0.1) is 6.92 Å². The van der Waals surface area contributed by atoms with E-state index in [1.165, 1.54) is 11.1 Å². The molecule has 0 saturated heterocycles. The number of hydrogen-bond acceptors (Lipinski definition) is 4. The number of methoxy groups -OCH3 is 2. The summed E-state index contributed by atoms with van der Waals surface area (Å²) < 4.78 is 11.5. The van der Waals surface area contributed by atoms with Crippen molar-refractivity contribution in [3.8, 4) is 11.5 Å². The monoisotopic (exact) mass is 467 g/mol. The molecule has 0 amide bonds. The van der Waals surface area contributed by atoms with Crippen LogP contribution < -0.4 is 14.4 Å². The Morgan fingerprint density at radius 2 is 1.37 bits per heavy atom. The second kappa shape index (κ2) is 10.3. The number of hydrogen-bond donors (Lipinski definition) is 0. The topological polar surface area (TPSA) is 38.8 Å². The minimum Gasteiger partial charge on any atom is -0.497 e. The van der Waals surface area contributed by atoms with Crippen molar-refractivity contribution in [2.24, 2.45) is 0 Å². The van der Waals surface area contributed by atoms with Gasteiger partial charge in [-0.25, -0.2) is 0 Å². The maximum Gasteiger partial charge on any atom is 0.124 e. The Hall–Kier alpha value is -2.79. The van der Waals surface area contributed by atoms with Gasteiger partial charge in [-0.2, -0.15) is 0 Å². The molecule has 0 aromatic heterocycles. The van der Waals surface area contributed by atoms with Crippen molar-refractivity contribution >= 4 is 27.9 Å². The minimum atomic E-state index is 0.406. The van der Waals surface area contributed by atoms with Crippen molar-refractivity contribution in [3.63, 3.8) is 0 Å². The van der Waals surface area contributed by atoms with Crippen LogP contribution >= 0.6 is 15.9 Å². The van der Waals surface area contributed by atoms with Crippen molar-refractivity contribution in [1.29, 1.82) is 0 Å². The molecule has 0 N–H and O–H groups in total. The fraction of sp³-hybridized carbons (Fsp3) is 0.240. The standard InChI is InChI=1S/C25H26BrNO3/c1-18-14-21(15-25(26)24(18)12-13-28)27(16-19-4-8-22(29-2)9-5-19)17-20-6-10-23(30-3)11-7-20/h4-11,13-15H,12,16-17H2,1-3H3. The lowest BCUT2D eigenvalue weighted by molar-refractivity contribution is -0.107. The van der Waals surface area contributed by atoms with Crippen molar-refractivity contribution in [2.75, 3.05) is 19.1 Å². The lowest BCUT2D eigenvalue weighted by atomic mass is 10.0. The highest BCUT2D eigenvalue weighted by Gasteiger charge is 2.13. The van der Waals surface area contributed by atoms with Gasteiger partial charge in [-0.05, 0) is 65.6 Å². The van der Waals surface area contributed by atoms with Gasteiger partial charge in [0.25, 0.3) is 0 Å². The molecule has 0 aliphatic rings. The molecule has 0 fully saturated rings. The number of benzene rings is 3. The summed E-state index contributed by atoms with van der Waals surface area (Å²) in [6.07, 6.45) is 1.35. The molecule has 30 heavy (non-hydrogen) atoms. The van der Waals surface area contributed by atoms with Gasteiger partial charge in [0.15, 0.2) is 0 Å². The zero-order valence-electron chi connectivity index (χ0n) is 17.5. The van der Waals surface area contributed by atoms with Crippen LogP contribution in [0.25, 0.3) is 0 Å². The second-order valence-corrected chi connectivity index (χ2v) is 8.00. The van der Waals surface area contributed by atoms with E-state index in [0.717, 1.165) is 52.2 Å². The molecular weight excluding hydrogens is 442 g/mol. The molecule has 0 saturated carbocycles. The molecule has 0 bridgehead atoms. The number of nitrogens with zero attached hydrogens (tertiary/aromatic N) is 1. The molecule has 0 atom stereocenters. The summed E-state index contributed by atoms with van der Waals surface area (Å²) in [6.45, 7) is 3.54. The zero-order valence-corrected chi connectivity index (χ0v) is 19.1. The zero-order chi connectivity index (χ0) is 21.5. The van der Waals surface area contributed by atoms with Crippen LogP contribution in [-0.2, 0) is 24.3 Å². The molecule has 3 aromatic carbocycles. The predicted molar refractivity (Wildman–Crippen MR) is 125 cm³/mol. The number of halogens is 1. The molecule has 3 aromatic rings. The van der Waals surface area contributed by atoms with E-state index < -0.39 is 0 Å². The summed E-state index contributed by atoms with van der Waals surface area (Å²) in [7, 11) is 3.35. The number of ether oxygens (including phenoxy) is 2. The average molecular weight is 468 g/mol. The third-order valence-corrected chi connectivity index (χ3v) is 5.83. The van der Waals surface area contributed by atoms with Crippen LogP contribution in [-0.4, -0.2) is 20.5 Å². The molecule has 0 spiro atoms. The first-order valence-corrected chi connectivity index (χ1v) is 10.6. The lowest BCUT2D eigenvalue weighted by Gasteiger charge is -2.27. The van der Waals surface area contributed by atoms with Crippen LogP contribution in [0.5, 0.6) is 11.5 Å². The Kier molecular flexibility index (Phi) is 7.52. The van der Waals surface area contributed by atoms with Crippen molar-refractivity contribution in [2.45, 2.75) is 26.4 Å². The van der Waals surface area contributed by atoms with Crippen LogP contribution in [0.2, 0.25) is 0 Å². The molecule has 3 rings (SSSR count). The molecule has 0 aliphatic heterocycles. The van der Waals surface area contributed by atoms with Gasteiger partial charge in [-0.3, -0.25) is 0 Å². The van der Waals surface area contributed by atoms with Crippen molar-refractivity contribution < 1.29 is 14.3 Å². The molecule has 5 heteroatoms. The van der Waals surface area contributed by atoms with E-state index in [1.54, 1.807) is 14.2 Å². The third-order valence-electron chi connectivity index (χ3n) is 5.12. The number of rotatable bonds is 9. The van der Waals surface area contributed by atoms with Gasteiger partial charge < -0.3 is 19.2 Å². The smallest absolute Gasteiger partial charge is 0.124 e. The molecule has 156 valence electrons. The van der Waals surface area contributed by atoms with E-state index in [-0.39, 0.29) is 0 Å². The predicted octanol–water partition coefficient (Wildman–Crippen LogP) is 5.72. The first kappa shape index (κ1) is 21.9. The van der Waals surface area contributed by atoms with Gasteiger partial charge >= 0.3 is 0 Å². The fourth-order valence-electron chi connectivity index (χ4n) is 3.42. The number of carbonyl (C=O) groups excluding carboxylic acids is 1. The van der Waals surface area contributed by atoms with Crippen molar-refractivity contribution in [3.05, 3.63) is 87.4 Å². The van der Waals surface area contributed by atoms with Crippen LogP contribution in [0.4, 0.5) is 5.69 Å². The first-order chi connectivity index (χ1) is 14.5. The molecule has 0 heterocycles. The summed E-state index contributed by atoms with van der Waals surface area (Å²) in [5.41, 5.74) is 5.61. The minimum absolute atomic E-state index is 0.406. The Morgan fingerprint density at radius 1 is 0.867 bits per heavy atom. The fourth-order valence-corrected chi connectivity index (χ4v) is 4.13. The molecular formula is C25H26BrNO3. The van der Waals surface area contributed by atoms with Crippen molar-refractivity contribution in [1.82, 2.24) is 0 Å². The van der Waals surface area contributed by atoms with Gasteiger partial charge in [0, 0.05) is 29.7 Å². The summed E-state index contributed by atoms with van der Waals surface area (Å²) >= 11 is 3.66. The highest BCUT2D eigenvalue weighted by molar-refractivity contribution is 9.10. The van der Waals surface area contributed by atoms with Gasteiger partial charge in [-0.1, -0.05) is 40.2 Å². The Bertz CT molecular complexity index is 912. The van der Waals surface area contributed by atoms with Gasteiger partial charge in [-0.15, -0.1) is 0 Å². The number of aldehydes is 1. The summed E-state index contributed by atoms with van der Waals surface area (Å²) in [5, 5.41) is 0. The van der Waals surface area contributed by atoms with E-state index in [1.807, 2.05) is 31.2 Å². The van der Waals surface area contributed by atoms with Gasteiger partial charge in [0.1, 0.15) is 17.8 Å². The maximum absolute atomic E-state index is 11.0. The number of aryl methyl sites for hydroxylation is 1. The number of anilines is 1. The van der Waals surface area contributed by atoms with E-state index in [2.05, 4.69) is 57.2 Å². The molecule has 0 aliphatic carbocycles. The summed E-state index contributed by atoms with van der Waals surface area (Å²) in [4.78, 5) is 13.4. The molecule has 4 nitrogen and oxygen atoms in total. The van der Waals surface area contributed by atoms with E-state index in [9.17, 15) is 4.79 Å².